The first kappa shape index (κ1) is 12.8. The summed E-state index contributed by atoms with van der Waals surface area (Å²) in [5.41, 5.74) is 3.55. The molecule has 4 heteroatoms. The Hall–Kier alpha value is -1.26. The molecule has 2 aromatic rings. The van der Waals surface area contributed by atoms with Gasteiger partial charge in [-0.15, -0.1) is 11.3 Å². The van der Waals surface area contributed by atoms with Crippen molar-refractivity contribution in [3.05, 3.63) is 45.7 Å². The van der Waals surface area contributed by atoms with Gasteiger partial charge in [0.05, 0.1) is 17.4 Å². The molecule has 2 aromatic heterocycles. The second-order valence-electron chi connectivity index (χ2n) is 5.24. The molecule has 1 saturated heterocycles. The summed E-state index contributed by atoms with van der Waals surface area (Å²) >= 11 is 1.86. The van der Waals surface area contributed by atoms with Gasteiger partial charge in [0, 0.05) is 23.8 Å². The van der Waals surface area contributed by atoms with Gasteiger partial charge >= 0.3 is 0 Å². The second-order valence-corrected chi connectivity index (χ2v) is 6.24. The average molecular weight is 273 g/mol. The van der Waals surface area contributed by atoms with Crippen LogP contribution in [0.3, 0.4) is 0 Å². The summed E-state index contributed by atoms with van der Waals surface area (Å²) in [6.45, 7) is 6.42. The van der Waals surface area contributed by atoms with E-state index in [0.717, 1.165) is 24.5 Å². The molecule has 3 heterocycles. The summed E-state index contributed by atoms with van der Waals surface area (Å²) in [7, 11) is 0. The Kier molecular flexibility index (Phi) is 3.62. The van der Waals surface area contributed by atoms with Gasteiger partial charge in [-0.25, -0.2) is 0 Å². The van der Waals surface area contributed by atoms with Crippen molar-refractivity contribution in [2.75, 3.05) is 6.54 Å². The molecule has 1 aliphatic heterocycles. The fourth-order valence-electron chi connectivity index (χ4n) is 2.74. The monoisotopic (exact) mass is 273 g/mol. The maximum absolute atomic E-state index is 4.66. The number of rotatable bonds is 3. The summed E-state index contributed by atoms with van der Waals surface area (Å²) < 4.78 is 0. The van der Waals surface area contributed by atoms with Gasteiger partial charge in [-0.3, -0.25) is 14.9 Å². The molecule has 19 heavy (non-hydrogen) atoms. The molecule has 1 atom stereocenters. The lowest BCUT2D eigenvalue weighted by atomic mass is 10.1. The van der Waals surface area contributed by atoms with E-state index in [0.29, 0.717) is 6.04 Å². The van der Waals surface area contributed by atoms with Gasteiger partial charge in [0.2, 0.25) is 0 Å². The molecule has 0 bridgehead atoms. The Morgan fingerprint density at radius 2 is 2.26 bits per heavy atom. The van der Waals surface area contributed by atoms with E-state index < -0.39 is 0 Å². The van der Waals surface area contributed by atoms with Crippen LogP contribution >= 0.6 is 11.3 Å². The third kappa shape index (κ3) is 2.69. The zero-order valence-electron chi connectivity index (χ0n) is 11.5. The Morgan fingerprint density at radius 1 is 1.37 bits per heavy atom. The predicted octanol–water partition coefficient (Wildman–Crippen LogP) is 3.49. The van der Waals surface area contributed by atoms with Gasteiger partial charge in [0.15, 0.2) is 0 Å². The zero-order chi connectivity index (χ0) is 13.2. The maximum Gasteiger partial charge on any atom is 0.0761 e. The summed E-state index contributed by atoms with van der Waals surface area (Å²) in [5.74, 6) is 0. The van der Waals surface area contributed by atoms with Gasteiger partial charge in [-0.05, 0) is 50.2 Å². The summed E-state index contributed by atoms with van der Waals surface area (Å²) in [6.07, 6.45) is 6.21. The largest absolute Gasteiger partial charge is 0.290 e. The molecule has 0 saturated carbocycles. The Labute approximate surface area is 118 Å². The first-order valence-corrected chi connectivity index (χ1v) is 7.67. The molecule has 0 radical (unpaired) electrons. The Morgan fingerprint density at radius 3 is 3.00 bits per heavy atom. The number of aromatic nitrogens is 2. The molecule has 1 aliphatic rings. The minimum absolute atomic E-state index is 0.439. The van der Waals surface area contributed by atoms with Gasteiger partial charge in [0.25, 0.3) is 0 Å². The quantitative estimate of drug-likeness (QED) is 0.857. The number of hydrogen-bond donors (Lipinski definition) is 0. The van der Waals surface area contributed by atoms with Crippen molar-refractivity contribution in [1.82, 2.24) is 14.9 Å². The minimum Gasteiger partial charge on any atom is -0.290 e. The van der Waals surface area contributed by atoms with Crippen LogP contribution in [-0.2, 0) is 6.54 Å². The third-order valence-electron chi connectivity index (χ3n) is 3.79. The molecule has 3 rings (SSSR count). The topological polar surface area (TPSA) is 29.0 Å². The number of hydrogen-bond acceptors (Lipinski definition) is 4. The van der Waals surface area contributed by atoms with Crippen molar-refractivity contribution >= 4 is 11.3 Å². The first-order valence-electron chi connectivity index (χ1n) is 6.79. The number of likely N-dealkylation sites (tertiary alicyclic amines) is 1. The smallest absolute Gasteiger partial charge is 0.0761 e. The molecule has 0 unspecified atom stereocenters. The molecule has 0 aromatic carbocycles. The van der Waals surface area contributed by atoms with E-state index in [1.165, 1.54) is 23.3 Å². The van der Waals surface area contributed by atoms with Crippen molar-refractivity contribution in [3.8, 4) is 0 Å². The number of aryl methyl sites for hydroxylation is 2. The van der Waals surface area contributed by atoms with Crippen molar-refractivity contribution in [2.24, 2.45) is 0 Å². The highest BCUT2D eigenvalue weighted by atomic mass is 32.1. The van der Waals surface area contributed by atoms with Crippen LogP contribution in [0.2, 0.25) is 0 Å². The molecule has 0 aliphatic carbocycles. The third-order valence-corrected chi connectivity index (χ3v) is 4.80. The van der Waals surface area contributed by atoms with Crippen LogP contribution in [0.5, 0.6) is 0 Å². The van der Waals surface area contributed by atoms with Crippen LogP contribution in [0.25, 0.3) is 0 Å². The summed E-state index contributed by atoms with van der Waals surface area (Å²) in [6, 6.07) is 2.64. The van der Waals surface area contributed by atoms with Crippen LogP contribution in [0.4, 0.5) is 0 Å². The van der Waals surface area contributed by atoms with Crippen LogP contribution in [0.15, 0.2) is 23.8 Å². The molecule has 0 amide bonds. The molecule has 0 N–H and O–H groups in total. The molecule has 100 valence electrons. The van der Waals surface area contributed by atoms with Crippen LogP contribution in [0, 0.1) is 13.8 Å². The van der Waals surface area contributed by atoms with E-state index in [1.807, 2.05) is 30.7 Å². The van der Waals surface area contributed by atoms with Gasteiger partial charge < -0.3 is 0 Å². The summed E-state index contributed by atoms with van der Waals surface area (Å²) in [4.78, 5) is 13.0. The number of nitrogens with zero attached hydrogens (tertiary/aromatic N) is 3. The predicted molar refractivity (Wildman–Crippen MR) is 78.2 cm³/mol. The molecule has 3 nitrogen and oxygen atoms in total. The van der Waals surface area contributed by atoms with Gasteiger partial charge in [-0.1, -0.05) is 0 Å². The van der Waals surface area contributed by atoms with E-state index in [1.54, 1.807) is 0 Å². The highest BCUT2D eigenvalue weighted by Gasteiger charge is 2.27. The van der Waals surface area contributed by atoms with Gasteiger partial charge in [-0.2, -0.15) is 0 Å². The lowest BCUT2D eigenvalue weighted by molar-refractivity contribution is 0.245. The zero-order valence-corrected chi connectivity index (χ0v) is 12.3. The molecule has 1 fully saturated rings. The molecular weight excluding hydrogens is 254 g/mol. The number of thiophene rings is 1. The van der Waals surface area contributed by atoms with Crippen molar-refractivity contribution < 1.29 is 0 Å². The SMILES string of the molecule is Cc1cncc([C@@H]2CCCN2Cc2sccc2C)n1. The average Bonchev–Trinajstić information content (AvgIpc) is 3.00. The Bertz CT molecular complexity index is 564. The van der Waals surface area contributed by atoms with E-state index >= 15 is 0 Å². The molecule has 0 spiro atoms. The van der Waals surface area contributed by atoms with E-state index in [9.17, 15) is 0 Å². The van der Waals surface area contributed by atoms with Crippen molar-refractivity contribution in [1.29, 1.82) is 0 Å². The first-order chi connectivity index (χ1) is 9.24. The van der Waals surface area contributed by atoms with E-state index in [2.05, 4.69) is 33.2 Å². The fourth-order valence-corrected chi connectivity index (χ4v) is 3.68. The lowest BCUT2D eigenvalue weighted by Gasteiger charge is -2.23. The normalized spacial score (nSPS) is 20.0. The fraction of sp³-hybridized carbons (Fsp3) is 0.467. The standard InChI is InChI=1S/C15H19N3S/c1-11-5-7-19-15(11)10-18-6-3-4-14(18)13-9-16-8-12(2)17-13/h5,7-9,14H,3-4,6,10H2,1-2H3/t14-/m0/s1. The van der Waals surface area contributed by atoms with E-state index in [4.69, 9.17) is 0 Å². The van der Waals surface area contributed by atoms with Gasteiger partial charge in [0.1, 0.15) is 0 Å². The highest BCUT2D eigenvalue weighted by molar-refractivity contribution is 7.10. The maximum atomic E-state index is 4.66. The molecular formula is C15H19N3S. The van der Waals surface area contributed by atoms with E-state index in [-0.39, 0.29) is 0 Å². The minimum atomic E-state index is 0.439. The van der Waals surface area contributed by atoms with Crippen LogP contribution in [-0.4, -0.2) is 21.4 Å². The second kappa shape index (κ2) is 5.39. The van der Waals surface area contributed by atoms with Crippen molar-refractivity contribution in [3.63, 3.8) is 0 Å². The van der Waals surface area contributed by atoms with Crippen molar-refractivity contribution in [2.45, 2.75) is 39.3 Å². The van der Waals surface area contributed by atoms with Crippen LogP contribution < -0.4 is 0 Å². The summed E-state index contributed by atoms with van der Waals surface area (Å²) in [5, 5.41) is 2.18. The van der Waals surface area contributed by atoms with Crippen LogP contribution in [0.1, 0.15) is 40.7 Å². The Balaban J connectivity index is 1.80. The highest BCUT2D eigenvalue weighted by Crippen LogP contribution is 2.33. The lowest BCUT2D eigenvalue weighted by Crippen LogP contribution is -2.23.